The van der Waals surface area contributed by atoms with Crippen LogP contribution in [0.4, 0.5) is 5.88 Å². The third-order valence-electron chi connectivity index (χ3n) is 5.73. The molecule has 0 saturated heterocycles. The lowest BCUT2D eigenvalue weighted by molar-refractivity contribution is -0.116. The van der Waals surface area contributed by atoms with Crippen LogP contribution >= 0.6 is 11.6 Å². The van der Waals surface area contributed by atoms with Gasteiger partial charge in [-0.05, 0) is 42.5 Å². The van der Waals surface area contributed by atoms with E-state index in [-0.39, 0.29) is 17.6 Å². The van der Waals surface area contributed by atoms with E-state index < -0.39 is 0 Å². The largest absolute Gasteiger partial charge is 0.338 e. The zero-order valence-electron chi connectivity index (χ0n) is 15.4. The van der Waals surface area contributed by atoms with Crippen molar-refractivity contribution in [3.8, 4) is 0 Å². The topological polar surface area (TPSA) is 55.1 Å². The van der Waals surface area contributed by atoms with Crippen molar-refractivity contribution in [3.05, 3.63) is 93.3 Å². The molecule has 5 rings (SSSR count). The summed E-state index contributed by atoms with van der Waals surface area (Å²) < 4.78 is 5.55. The minimum absolute atomic E-state index is 0.163. The van der Waals surface area contributed by atoms with E-state index in [0.717, 1.165) is 34.5 Å². The van der Waals surface area contributed by atoms with Gasteiger partial charge >= 0.3 is 0 Å². The van der Waals surface area contributed by atoms with Crippen LogP contribution in [-0.4, -0.2) is 10.9 Å². The first-order chi connectivity index (χ1) is 13.6. The zero-order chi connectivity index (χ0) is 19.3. The number of nitrogens with one attached hydrogen (secondary N) is 1. The fourth-order valence-electron chi connectivity index (χ4n) is 4.42. The maximum Gasteiger partial charge on any atom is 0.233 e. The molecule has 2 heterocycles. The summed E-state index contributed by atoms with van der Waals surface area (Å²) in [5.74, 6) is 0.793. The molecule has 0 amide bonds. The van der Waals surface area contributed by atoms with E-state index >= 15 is 0 Å². The van der Waals surface area contributed by atoms with Gasteiger partial charge in [-0.25, -0.2) is 0 Å². The van der Waals surface area contributed by atoms with Gasteiger partial charge in [0.1, 0.15) is 0 Å². The number of allylic oxidation sites excluding steroid dienone is 2. The van der Waals surface area contributed by atoms with E-state index in [2.05, 4.69) is 22.6 Å². The minimum atomic E-state index is -0.181. The number of fused-ring (bicyclic) bond motifs is 1. The van der Waals surface area contributed by atoms with E-state index in [1.165, 1.54) is 5.56 Å². The highest BCUT2D eigenvalue weighted by Gasteiger charge is 2.41. The van der Waals surface area contributed by atoms with Gasteiger partial charge in [0.15, 0.2) is 5.78 Å². The van der Waals surface area contributed by atoms with Gasteiger partial charge < -0.3 is 9.84 Å². The monoisotopic (exact) mass is 390 g/mol. The van der Waals surface area contributed by atoms with Crippen LogP contribution in [0.3, 0.4) is 0 Å². The highest BCUT2D eigenvalue weighted by Crippen LogP contribution is 2.49. The van der Waals surface area contributed by atoms with Crippen molar-refractivity contribution >= 4 is 23.3 Å². The van der Waals surface area contributed by atoms with Gasteiger partial charge in [0.2, 0.25) is 5.88 Å². The molecule has 1 aliphatic carbocycles. The molecular weight excluding hydrogens is 372 g/mol. The Morgan fingerprint density at radius 3 is 2.54 bits per heavy atom. The van der Waals surface area contributed by atoms with Crippen LogP contribution in [-0.2, 0) is 4.79 Å². The van der Waals surface area contributed by atoms with Crippen molar-refractivity contribution in [1.29, 1.82) is 0 Å². The van der Waals surface area contributed by atoms with Crippen LogP contribution in [0.5, 0.6) is 0 Å². The molecule has 140 valence electrons. The predicted molar refractivity (Wildman–Crippen MR) is 109 cm³/mol. The summed E-state index contributed by atoms with van der Waals surface area (Å²) in [6.45, 7) is 1.92. The number of Topliss-reactive ketones (excluding diaryl/α,β-unsaturated/α-hetero) is 1. The third-order valence-corrected chi connectivity index (χ3v) is 5.98. The Balaban J connectivity index is 1.63. The molecule has 0 saturated carbocycles. The number of ketones is 1. The Morgan fingerprint density at radius 2 is 1.79 bits per heavy atom. The van der Waals surface area contributed by atoms with Gasteiger partial charge in [0.05, 0.1) is 11.3 Å². The van der Waals surface area contributed by atoms with Gasteiger partial charge in [0, 0.05) is 28.6 Å². The summed E-state index contributed by atoms with van der Waals surface area (Å²) >= 11 is 6.09. The second-order valence-electron chi connectivity index (χ2n) is 7.45. The summed E-state index contributed by atoms with van der Waals surface area (Å²) in [5.41, 5.74) is 5.71. The molecular formula is C23H19ClN2O2. The number of halogens is 1. The smallest absolute Gasteiger partial charge is 0.233 e. The minimum Gasteiger partial charge on any atom is -0.338 e. The SMILES string of the molecule is Cc1noc2c1[C@H](c1ccc(Cl)cc1)C1=C(C[C@H](c3ccccc3)CC1=O)N2. The van der Waals surface area contributed by atoms with Crippen LogP contribution in [0.25, 0.3) is 0 Å². The lowest BCUT2D eigenvalue weighted by Gasteiger charge is -2.34. The summed E-state index contributed by atoms with van der Waals surface area (Å²) in [6, 6.07) is 17.9. The highest BCUT2D eigenvalue weighted by atomic mass is 35.5. The van der Waals surface area contributed by atoms with E-state index in [1.807, 2.05) is 49.4 Å². The number of hydrogen-bond acceptors (Lipinski definition) is 4. The Hall–Kier alpha value is -2.85. The molecule has 3 aromatic rings. The Kier molecular flexibility index (Phi) is 4.09. The average molecular weight is 391 g/mol. The molecule has 0 bridgehead atoms. The number of rotatable bonds is 2. The molecule has 2 atom stereocenters. The quantitative estimate of drug-likeness (QED) is 0.619. The van der Waals surface area contributed by atoms with Gasteiger partial charge in [0.25, 0.3) is 0 Å². The number of hydrogen-bond donors (Lipinski definition) is 1. The van der Waals surface area contributed by atoms with Crippen molar-refractivity contribution in [2.45, 2.75) is 31.6 Å². The first-order valence-corrected chi connectivity index (χ1v) is 9.79. The lowest BCUT2D eigenvalue weighted by Crippen LogP contribution is -2.29. The van der Waals surface area contributed by atoms with E-state index in [9.17, 15) is 4.79 Å². The number of carbonyl (C=O) groups is 1. The Bertz CT molecular complexity index is 1080. The molecule has 2 aliphatic rings. The van der Waals surface area contributed by atoms with Crippen LogP contribution < -0.4 is 5.32 Å². The maximum absolute atomic E-state index is 13.3. The van der Waals surface area contributed by atoms with Gasteiger partial charge in [-0.3, -0.25) is 4.79 Å². The summed E-state index contributed by atoms with van der Waals surface area (Å²) in [6.07, 6.45) is 1.28. The molecule has 2 aromatic carbocycles. The number of anilines is 1. The number of aryl methyl sites for hydroxylation is 1. The number of aromatic nitrogens is 1. The number of nitrogens with zero attached hydrogens (tertiary/aromatic N) is 1. The lowest BCUT2D eigenvalue weighted by atomic mass is 9.72. The van der Waals surface area contributed by atoms with Crippen molar-refractivity contribution in [2.75, 3.05) is 5.32 Å². The Labute approximate surface area is 168 Å². The zero-order valence-corrected chi connectivity index (χ0v) is 16.2. The van der Waals surface area contributed by atoms with E-state index in [0.29, 0.717) is 17.3 Å². The molecule has 0 spiro atoms. The fourth-order valence-corrected chi connectivity index (χ4v) is 4.55. The molecule has 28 heavy (non-hydrogen) atoms. The molecule has 0 fully saturated rings. The van der Waals surface area contributed by atoms with Crippen LogP contribution in [0.15, 0.2) is 70.4 Å². The molecule has 4 nitrogen and oxygen atoms in total. The van der Waals surface area contributed by atoms with Crippen LogP contribution in [0, 0.1) is 6.92 Å². The summed E-state index contributed by atoms with van der Waals surface area (Å²) in [4.78, 5) is 13.3. The Morgan fingerprint density at radius 1 is 1.04 bits per heavy atom. The molecule has 1 aromatic heterocycles. The number of benzene rings is 2. The van der Waals surface area contributed by atoms with Crippen molar-refractivity contribution < 1.29 is 9.32 Å². The van der Waals surface area contributed by atoms with E-state index in [4.69, 9.17) is 16.1 Å². The number of carbonyl (C=O) groups excluding carboxylic acids is 1. The van der Waals surface area contributed by atoms with Crippen molar-refractivity contribution in [2.24, 2.45) is 0 Å². The molecule has 1 N–H and O–H groups in total. The van der Waals surface area contributed by atoms with Gasteiger partial charge in [-0.1, -0.05) is 59.2 Å². The maximum atomic E-state index is 13.3. The molecule has 0 unspecified atom stereocenters. The van der Waals surface area contributed by atoms with Crippen molar-refractivity contribution in [3.63, 3.8) is 0 Å². The molecule has 1 aliphatic heterocycles. The summed E-state index contributed by atoms with van der Waals surface area (Å²) in [7, 11) is 0. The van der Waals surface area contributed by atoms with E-state index in [1.54, 1.807) is 0 Å². The van der Waals surface area contributed by atoms with Gasteiger partial charge in [-0.2, -0.15) is 0 Å². The molecule has 0 radical (unpaired) electrons. The highest BCUT2D eigenvalue weighted by molar-refractivity contribution is 6.30. The fraction of sp³-hybridized carbons (Fsp3) is 0.217. The van der Waals surface area contributed by atoms with Gasteiger partial charge in [-0.15, -0.1) is 0 Å². The van der Waals surface area contributed by atoms with Crippen LogP contribution in [0.1, 0.15) is 47.1 Å². The average Bonchev–Trinajstić information content (AvgIpc) is 3.08. The standard InChI is InChI=1S/C23H19ClN2O2/c1-13-20-21(15-7-9-17(24)10-8-15)22-18(25-23(20)28-26-13)11-16(12-19(22)27)14-5-3-2-4-6-14/h2-10,16,21,25H,11-12H2,1H3/t16-,21-/m0/s1. The summed E-state index contributed by atoms with van der Waals surface area (Å²) in [5, 5.41) is 8.19. The third kappa shape index (κ3) is 2.76. The second kappa shape index (κ2) is 6.64. The second-order valence-corrected chi connectivity index (χ2v) is 7.89. The normalized spacial score (nSPS) is 21.1. The first kappa shape index (κ1) is 17.3. The molecule has 5 heteroatoms. The van der Waals surface area contributed by atoms with Crippen LogP contribution in [0.2, 0.25) is 5.02 Å². The van der Waals surface area contributed by atoms with Crippen molar-refractivity contribution in [1.82, 2.24) is 5.16 Å². The predicted octanol–water partition coefficient (Wildman–Crippen LogP) is 5.59. The first-order valence-electron chi connectivity index (χ1n) is 9.41.